The van der Waals surface area contributed by atoms with Gasteiger partial charge in [-0.15, -0.1) is 0 Å². The van der Waals surface area contributed by atoms with E-state index >= 15 is 0 Å². The highest BCUT2D eigenvalue weighted by molar-refractivity contribution is 5.67. The number of nitrogens with one attached hydrogen (secondary N) is 2. The summed E-state index contributed by atoms with van der Waals surface area (Å²) >= 11 is 0. The van der Waals surface area contributed by atoms with Gasteiger partial charge in [-0.25, -0.2) is 9.59 Å². The zero-order valence-corrected chi connectivity index (χ0v) is 9.77. The van der Waals surface area contributed by atoms with Crippen molar-refractivity contribution in [2.45, 2.75) is 25.7 Å². The molecule has 0 saturated heterocycles. The Kier molecular flexibility index (Phi) is 9.50. The fourth-order valence-corrected chi connectivity index (χ4v) is 1.13. The van der Waals surface area contributed by atoms with E-state index in [1.807, 2.05) is 0 Å². The van der Waals surface area contributed by atoms with Gasteiger partial charge in [-0.05, 0) is 22.9 Å². The van der Waals surface area contributed by atoms with Gasteiger partial charge in [0.1, 0.15) is 0 Å². The molecule has 0 saturated carbocycles. The molecule has 0 aliphatic carbocycles. The summed E-state index contributed by atoms with van der Waals surface area (Å²) in [4.78, 5) is 29.3. The second-order valence-corrected chi connectivity index (χ2v) is 3.21. The molecular formula is C10H14N4O4. The highest BCUT2D eigenvalue weighted by Crippen LogP contribution is 1.98. The second kappa shape index (κ2) is 11.0. The molecule has 0 aromatic heterocycles. The molecule has 2 amide bonds. The van der Waals surface area contributed by atoms with E-state index in [4.69, 9.17) is 13.1 Å². The molecule has 0 aliphatic rings. The third kappa shape index (κ3) is 10.1. The van der Waals surface area contributed by atoms with Gasteiger partial charge in [0, 0.05) is 13.1 Å². The highest BCUT2D eigenvalue weighted by Gasteiger charge is 2.04. The van der Waals surface area contributed by atoms with Crippen LogP contribution in [0.1, 0.15) is 25.7 Å². The van der Waals surface area contributed by atoms with Gasteiger partial charge in [0.25, 0.3) is 0 Å². The van der Waals surface area contributed by atoms with E-state index in [1.54, 1.807) is 0 Å². The SMILES string of the molecule is [C-]#[N+]OC(=O)NCCCCCCNC(=O)O[N+]#[C-]. The van der Waals surface area contributed by atoms with Crippen LogP contribution in [0, 0.1) is 13.1 Å². The minimum Gasteiger partial charge on any atom is -0.315 e. The minimum atomic E-state index is -0.742. The summed E-state index contributed by atoms with van der Waals surface area (Å²) in [7, 11) is 0. The maximum atomic E-state index is 10.7. The molecule has 0 fully saturated rings. The number of rotatable bonds is 7. The van der Waals surface area contributed by atoms with E-state index in [9.17, 15) is 9.59 Å². The molecule has 0 rings (SSSR count). The number of carbonyl (C=O) groups excluding carboxylic acids is 2. The van der Waals surface area contributed by atoms with Crippen LogP contribution in [-0.4, -0.2) is 25.3 Å². The standard InChI is InChI=1S/C10H14N4O4/c1-11-17-9(15)13-7-5-3-4-6-8-14-10(16)18-12-2/h3-8H2,(H,13,15)(H,14,16). The normalized spacial score (nSPS) is 8.56. The van der Waals surface area contributed by atoms with E-state index in [-0.39, 0.29) is 0 Å². The van der Waals surface area contributed by atoms with Crippen LogP contribution in [-0.2, 0) is 9.68 Å². The van der Waals surface area contributed by atoms with Gasteiger partial charge in [0.15, 0.2) is 0 Å². The average Bonchev–Trinajstić information content (AvgIpc) is 2.33. The maximum Gasteiger partial charge on any atom is 0.490 e. The van der Waals surface area contributed by atoms with Crippen LogP contribution >= 0.6 is 0 Å². The maximum absolute atomic E-state index is 10.7. The summed E-state index contributed by atoms with van der Waals surface area (Å²) in [6, 6.07) is 0. The van der Waals surface area contributed by atoms with Gasteiger partial charge in [0.2, 0.25) is 0 Å². The molecule has 8 heteroatoms. The molecule has 0 spiro atoms. The molecular weight excluding hydrogens is 240 g/mol. The lowest BCUT2D eigenvalue weighted by Gasteiger charge is -2.01. The van der Waals surface area contributed by atoms with Gasteiger partial charge in [-0.1, -0.05) is 22.5 Å². The smallest absolute Gasteiger partial charge is 0.315 e. The summed E-state index contributed by atoms with van der Waals surface area (Å²) in [6.07, 6.45) is 1.79. The van der Waals surface area contributed by atoms with Crippen molar-refractivity contribution in [2.75, 3.05) is 13.1 Å². The largest absolute Gasteiger partial charge is 0.490 e. The predicted molar refractivity (Wildman–Crippen MR) is 60.6 cm³/mol. The van der Waals surface area contributed by atoms with Crippen molar-refractivity contribution in [1.29, 1.82) is 0 Å². The number of unbranched alkanes of at least 4 members (excludes halogenated alkanes) is 3. The number of hydrogen-bond acceptors (Lipinski definition) is 4. The summed E-state index contributed by atoms with van der Waals surface area (Å²) in [5.74, 6) is 0. The van der Waals surface area contributed by atoms with E-state index in [0.29, 0.717) is 13.1 Å². The molecule has 0 bridgehead atoms. The molecule has 98 valence electrons. The monoisotopic (exact) mass is 254 g/mol. The van der Waals surface area contributed by atoms with Gasteiger partial charge in [0.05, 0.1) is 0 Å². The van der Waals surface area contributed by atoms with E-state index in [1.165, 1.54) is 0 Å². The molecule has 0 aliphatic heterocycles. The van der Waals surface area contributed by atoms with E-state index < -0.39 is 12.2 Å². The molecule has 0 unspecified atom stereocenters. The van der Waals surface area contributed by atoms with Crippen LogP contribution in [0.5, 0.6) is 0 Å². The second-order valence-electron chi connectivity index (χ2n) is 3.21. The summed E-state index contributed by atoms with van der Waals surface area (Å²) in [5.41, 5.74) is 0. The average molecular weight is 254 g/mol. The first kappa shape index (κ1) is 15.5. The molecule has 0 aromatic carbocycles. The Bertz CT molecular complexity index is 311. The fraction of sp³-hybridized carbons (Fsp3) is 0.600. The Balaban J connectivity index is 3.22. The molecule has 0 aromatic rings. The van der Waals surface area contributed by atoms with Crippen molar-refractivity contribution in [3.05, 3.63) is 23.2 Å². The Morgan fingerprint density at radius 3 is 1.56 bits per heavy atom. The predicted octanol–water partition coefficient (Wildman–Crippen LogP) is 1.67. The van der Waals surface area contributed by atoms with Crippen molar-refractivity contribution in [3.8, 4) is 0 Å². The number of hydrogen-bond donors (Lipinski definition) is 2. The van der Waals surface area contributed by atoms with Crippen LogP contribution < -0.4 is 10.6 Å². The Labute approximate surface area is 105 Å². The number of nitrogens with zero attached hydrogens (tertiary/aromatic N) is 2. The van der Waals surface area contributed by atoms with E-state index in [2.05, 4.69) is 30.3 Å². The van der Waals surface area contributed by atoms with Crippen LogP contribution in [0.15, 0.2) is 0 Å². The molecule has 0 heterocycles. The molecule has 18 heavy (non-hydrogen) atoms. The lowest BCUT2D eigenvalue weighted by atomic mass is 10.2. The van der Waals surface area contributed by atoms with Crippen LogP contribution in [0.25, 0.3) is 10.0 Å². The molecule has 2 N–H and O–H groups in total. The zero-order chi connectivity index (χ0) is 13.6. The Hall–Kier alpha value is -2.48. The lowest BCUT2D eigenvalue weighted by Crippen LogP contribution is -2.24. The highest BCUT2D eigenvalue weighted by atomic mass is 16.7. The third-order valence-electron chi connectivity index (χ3n) is 1.90. The quantitative estimate of drug-likeness (QED) is 0.411. The van der Waals surface area contributed by atoms with E-state index in [0.717, 1.165) is 25.7 Å². The summed E-state index contributed by atoms with van der Waals surface area (Å²) in [6.45, 7) is 13.4. The Morgan fingerprint density at radius 1 is 0.833 bits per heavy atom. The lowest BCUT2D eigenvalue weighted by molar-refractivity contribution is 0.182. The van der Waals surface area contributed by atoms with Crippen LogP contribution in [0.4, 0.5) is 9.59 Å². The molecule has 0 atom stereocenters. The van der Waals surface area contributed by atoms with Crippen molar-refractivity contribution >= 4 is 12.2 Å². The van der Waals surface area contributed by atoms with Crippen molar-refractivity contribution < 1.29 is 19.3 Å². The first-order chi connectivity index (χ1) is 8.70. The number of amides is 2. The van der Waals surface area contributed by atoms with Crippen LogP contribution in [0.3, 0.4) is 0 Å². The minimum absolute atomic E-state index is 0.446. The van der Waals surface area contributed by atoms with Crippen molar-refractivity contribution in [3.63, 3.8) is 0 Å². The third-order valence-corrected chi connectivity index (χ3v) is 1.90. The van der Waals surface area contributed by atoms with Crippen molar-refractivity contribution in [2.24, 2.45) is 0 Å². The van der Waals surface area contributed by atoms with Crippen molar-refractivity contribution in [1.82, 2.24) is 10.6 Å². The fourth-order valence-electron chi connectivity index (χ4n) is 1.13. The zero-order valence-electron chi connectivity index (χ0n) is 9.77. The van der Waals surface area contributed by atoms with Gasteiger partial charge < -0.3 is 10.6 Å². The summed E-state index contributed by atoms with van der Waals surface area (Å²) < 4.78 is 0. The number of carbonyl (C=O) groups is 2. The first-order valence-corrected chi connectivity index (χ1v) is 5.34. The first-order valence-electron chi connectivity index (χ1n) is 5.34. The van der Waals surface area contributed by atoms with Gasteiger partial charge in [-0.3, -0.25) is 0 Å². The topological polar surface area (TPSA) is 85.4 Å². The Morgan fingerprint density at radius 2 is 1.22 bits per heavy atom. The summed E-state index contributed by atoms with van der Waals surface area (Å²) in [5, 5.41) is 9.77. The van der Waals surface area contributed by atoms with Gasteiger partial charge in [-0.2, -0.15) is 13.1 Å². The van der Waals surface area contributed by atoms with Crippen LogP contribution in [0.2, 0.25) is 0 Å². The molecule has 8 nitrogen and oxygen atoms in total. The molecule has 0 radical (unpaired) electrons. The van der Waals surface area contributed by atoms with Gasteiger partial charge >= 0.3 is 12.2 Å².